The molecule has 1 aliphatic rings. The van der Waals surface area contributed by atoms with Crippen LogP contribution in [0.4, 0.5) is 0 Å². The second kappa shape index (κ2) is 8.71. The Bertz CT molecular complexity index is 1000. The largest absolute Gasteiger partial charge is 0.492 e. The summed E-state index contributed by atoms with van der Waals surface area (Å²) in [4.78, 5) is 20.0. The Balaban J connectivity index is 1.57. The minimum Gasteiger partial charge on any atom is -0.492 e. The number of fused-ring (bicyclic) bond motifs is 1. The number of hydrogen-bond donors (Lipinski definition) is 0. The van der Waals surface area contributed by atoms with Crippen molar-refractivity contribution in [2.24, 2.45) is 0 Å². The van der Waals surface area contributed by atoms with Crippen molar-refractivity contribution < 1.29 is 14.3 Å². The molecule has 29 heavy (non-hydrogen) atoms. The molecule has 2 aromatic carbocycles. The lowest BCUT2D eigenvalue weighted by atomic mass is 9.98. The van der Waals surface area contributed by atoms with Crippen molar-refractivity contribution in [3.05, 3.63) is 51.4 Å². The number of carbonyl (C=O) groups excluding carboxylic acids is 1. The molecule has 1 saturated heterocycles. The van der Waals surface area contributed by atoms with Crippen LogP contribution in [0.1, 0.15) is 41.0 Å². The number of carbonyl (C=O) groups is 1. The first-order valence-corrected chi connectivity index (χ1v) is 11.4. The molecule has 0 unspecified atom stereocenters. The van der Waals surface area contributed by atoms with Crippen molar-refractivity contribution in [2.45, 2.75) is 25.7 Å². The molecule has 0 aliphatic carbocycles. The molecule has 3 aromatic rings. The third-order valence-electron chi connectivity index (χ3n) is 5.13. The number of ether oxygens (including phenoxy) is 2. The standard InChI is InChI=1S/C22H23BrN2O3S/c1-3-28-18-12-15(11-16(23)20(18)27-2)22(26)25-10-6-7-14(13-25)21-24-17-8-4-5-9-19(17)29-21/h4-5,8-9,11-12,14H,3,6-7,10,13H2,1-2H3/t14-/m0/s1. The molecule has 1 aromatic heterocycles. The molecular formula is C22H23BrN2O3S. The molecule has 4 rings (SSSR count). The number of amides is 1. The molecule has 1 amide bonds. The maximum absolute atomic E-state index is 13.2. The van der Waals surface area contributed by atoms with Crippen molar-refractivity contribution in [3.8, 4) is 11.5 Å². The molecule has 0 spiro atoms. The first-order chi connectivity index (χ1) is 14.1. The van der Waals surface area contributed by atoms with Crippen molar-refractivity contribution >= 4 is 43.4 Å². The van der Waals surface area contributed by atoms with Crippen LogP contribution in [0.2, 0.25) is 0 Å². The Kier molecular flexibility index (Phi) is 6.06. The van der Waals surface area contributed by atoms with Gasteiger partial charge in [0.1, 0.15) is 0 Å². The lowest BCUT2D eigenvalue weighted by Gasteiger charge is -2.32. The van der Waals surface area contributed by atoms with Crippen LogP contribution in [0.15, 0.2) is 40.9 Å². The molecule has 1 fully saturated rings. The van der Waals surface area contributed by atoms with E-state index in [0.717, 1.165) is 29.9 Å². The maximum Gasteiger partial charge on any atom is 0.254 e. The summed E-state index contributed by atoms with van der Waals surface area (Å²) in [6, 6.07) is 11.8. The Hall–Kier alpha value is -2.12. The van der Waals surface area contributed by atoms with Gasteiger partial charge in [-0.15, -0.1) is 11.3 Å². The van der Waals surface area contributed by atoms with E-state index < -0.39 is 0 Å². The third-order valence-corrected chi connectivity index (χ3v) is 6.92. The SMILES string of the molecule is CCOc1cc(C(=O)N2CCC[C@H](c3nc4ccccc4s3)C2)cc(Br)c1OC. The molecule has 2 heterocycles. The number of nitrogens with zero attached hydrogens (tertiary/aromatic N) is 2. The van der Waals surface area contributed by atoms with E-state index in [1.54, 1.807) is 24.5 Å². The molecule has 1 aliphatic heterocycles. The average molecular weight is 475 g/mol. The number of aromatic nitrogens is 1. The van der Waals surface area contributed by atoms with Gasteiger partial charge in [-0.05, 0) is 60.0 Å². The van der Waals surface area contributed by atoms with E-state index in [1.165, 1.54) is 4.70 Å². The summed E-state index contributed by atoms with van der Waals surface area (Å²) in [5.41, 5.74) is 1.64. The summed E-state index contributed by atoms with van der Waals surface area (Å²) >= 11 is 5.24. The highest BCUT2D eigenvalue weighted by Crippen LogP contribution is 2.38. The molecule has 7 heteroatoms. The van der Waals surface area contributed by atoms with Crippen molar-refractivity contribution in [3.63, 3.8) is 0 Å². The minimum absolute atomic E-state index is 0.0140. The van der Waals surface area contributed by atoms with Crippen LogP contribution in [-0.2, 0) is 0 Å². The maximum atomic E-state index is 13.2. The van der Waals surface area contributed by atoms with Gasteiger partial charge in [0.15, 0.2) is 11.5 Å². The van der Waals surface area contributed by atoms with E-state index in [4.69, 9.17) is 14.5 Å². The fraction of sp³-hybridized carbons (Fsp3) is 0.364. The van der Waals surface area contributed by atoms with Gasteiger partial charge in [0.25, 0.3) is 5.91 Å². The van der Waals surface area contributed by atoms with Gasteiger partial charge in [-0.3, -0.25) is 4.79 Å². The average Bonchev–Trinajstić information content (AvgIpc) is 3.18. The van der Waals surface area contributed by atoms with Gasteiger partial charge in [-0.2, -0.15) is 0 Å². The first-order valence-electron chi connectivity index (χ1n) is 9.75. The van der Waals surface area contributed by atoms with E-state index >= 15 is 0 Å². The van der Waals surface area contributed by atoms with Crippen LogP contribution < -0.4 is 9.47 Å². The van der Waals surface area contributed by atoms with Gasteiger partial charge in [0.05, 0.1) is 33.4 Å². The van der Waals surface area contributed by atoms with E-state index in [0.29, 0.717) is 34.7 Å². The summed E-state index contributed by atoms with van der Waals surface area (Å²) in [5, 5.41) is 1.12. The summed E-state index contributed by atoms with van der Waals surface area (Å²) in [6.07, 6.45) is 2.03. The van der Waals surface area contributed by atoms with E-state index in [2.05, 4.69) is 22.0 Å². The second-order valence-electron chi connectivity index (χ2n) is 7.03. The summed E-state index contributed by atoms with van der Waals surface area (Å²) in [6.45, 7) is 3.86. The zero-order valence-electron chi connectivity index (χ0n) is 16.5. The fourth-order valence-corrected chi connectivity index (χ4v) is 5.46. The fourth-order valence-electron chi connectivity index (χ4n) is 3.76. The zero-order valence-corrected chi connectivity index (χ0v) is 18.9. The number of thiazole rings is 1. The van der Waals surface area contributed by atoms with Crippen LogP contribution in [0.5, 0.6) is 11.5 Å². The van der Waals surface area contributed by atoms with Crippen LogP contribution in [0, 0.1) is 0 Å². The number of methoxy groups -OCH3 is 1. The number of halogens is 1. The molecule has 0 N–H and O–H groups in total. The number of benzene rings is 2. The molecule has 152 valence electrons. The summed E-state index contributed by atoms with van der Waals surface area (Å²) in [7, 11) is 1.59. The highest BCUT2D eigenvalue weighted by Gasteiger charge is 2.28. The van der Waals surface area contributed by atoms with Crippen molar-refractivity contribution in [1.29, 1.82) is 0 Å². The predicted octanol–water partition coefficient (Wildman–Crippen LogP) is 5.49. The lowest BCUT2D eigenvalue weighted by Crippen LogP contribution is -2.39. The third kappa shape index (κ3) is 4.12. The van der Waals surface area contributed by atoms with Gasteiger partial charge < -0.3 is 14.4 Å². The number of piperidine rings is 1. The van der Waals surface area contributed by atoms with Crippen LogP contribution >= 0.6 is 27.3 Å². The molecule has 0 radical (unpaired) electrons. The van der Waals surface area contributed by atoms with E-state index in [9.17, 15) is 4.79 Å². The Morgan fingerprint density at radius 1 is 1.34 bits per heavy atom. The Morgan fingerprint density at radius 2 is 2.17 bits per heavy atom. The summed E-state index contributed by atoms with van der Waals surface area (Å²) in [5.74, 6) is 1.47. The van der Waals surface area contributed by atoms with Crippen LogP contribution in [0.25, 0.3) is 10.2 Å². The Morgan fingerprint density at radius 3 is 2.93 bits per heavy atom. The van der Waals surface area contributed by atoms with Crippen molar-refractivity contribution in [2.75, 3.05) is 26.8 Å². The van der Waals surface area contributed by atoms with Crippen LogP contribution in [-0.4, -0.2) is 42.6 Å². The molecular weight excluding hydrogens is 452 g/mol. The minimum atomic E-state index is 0.0140. The van der Waals surface area contributed by atoms with E-state index in [-0.39, 0.29) is 11.8 Å². The smallest absolute Gasteiger partial charge is 0.254 e. The first kappa shape index (κ1) is 20.2. The molecule has 0 bridgehead atoms. The van der Waals surface area contributed by atoms with Gasteiger partial charge in [0, 0.05) is 24.6 Å². The van der Waals surface area contributed by atoms with Gasteiger partial charge >= 0.3 is 0 Å². The van der Waals surface area contributed by atoms with Gasteiger partial charge in [-0.25, -0.2) is 4.98 Å². The predicted molar refractivity (Wildman–Crippen MR) is 119 cm³/mol. The number of likely N-dealkylation sites (tertiary alicyclic amines) is 1. The molecule has 5 nitrogen and oxygen atoms in total. The van der Waals surface area contributed by atoms with Gasteiger partial charge in [-0.1, -0.05) is 12.1 Å². The zero-order chi connectivity index (χ0) is 20.4. The lowest BCUT2D eigenvalue weighted by molar-refractivity contribution is 0.0706. The normalized spacial score (nSPS) is 16.8. The highest BCUT2D eigenvalue weighted by molar-refractivity contribution is 9.10. The topological polar surface area (TPSA) is 51.7 Å². The summed E-state index contributed by atoms with van der Waals surface area (Å²) < 4.78 is 13.0. The number of hydrogen-bond acceptors (Lipinski definition) is 5. The quantitative estimate of drug-likeness (QED) is 0.490. The number of rotatable bonds is 5. The van der Waals surface area contributed by atoms with E-state index in [1.807, 2.05) is 36.1 Å². The van der Waals surface area contributed by atoms with Crippen molar-refractivity contribution in [1.82, 2.24) is 9.88 Å². The monoisotopic (exact) mass is 474 g/mol. The molecule has 1 atom stereocenters. The van der Waals surface area contributed by atoms with Crippen LogP contribution in [0.3, 0.4) is 0 Å². The van der Waals surface area contributed by atoms with Gasteiger partial charge in [0.2, 0.25) is 0 Å². The molecule has 0 saturated carbocycles. The number of para-hydroxylation sites is 1. The second-order valence-corrected chi connectivity index (χ2v) is 8.95. The Labute approximate surface area is 182 Å². The highest BCUT2D eigenvalue weighted by atomic mass is 79.9.